The van der Waals surface area contributed by atoms with Crippen molar-refractivity contribution in [3.05, 3.63) is 210 Å². The Balaban J connectivity index is 0.00000420. The molecule has 0 bridgehead atoms. The molecule has 0 saturated carbocycles. The zero-order valence-corrected chi connectivity index (χ0v) is 32.4. The van der Waals surface area contributed by atoms with Gasteiger partial charge in [0.05, 0.1) is 0 Å². The first-order chi connectivity index (χ1) is 28.5. The molecule has 0 radical (unpaired) electrons. The van der Waals surface area contributed by atoms with Gasteiger partial charge in [-0.2, -0.15) is 0 Å². The molecule has 11 rings (SSSR count). The lowest BCUT2D eigenvalue weighted by atomic mass is 9.82. The molecule has 1 aromatic heterocycles. The summed E-state index contributed by atoms with van der Waals surface area (Å²) in [6.07, 6.45) is 0.864. The van der Waals surface area contributed by atoms with Gasteiger partial charge in [-0.25, -0.2) is 15.0 Å². The highest BCUT2D eigenvalue weighted by Crippen LogP contribution is 2.50. The van der Waals surface area contributed by atoms with Crippen LogP contribution in [0.2, 0.25) is 0 Å². The molecule has 3 heteroatoms. The molecular formula is C56H43N3. The molecule has 0 saturated heterocycles. The molecule has 8 aromatic carbocycles. The van der Waals surface area contributed by atoms with E-state index in [-0.39, 0.29) is 12.8 Å². The third-order valence-corrected chi connectivity index (χ3v) is 12.2. The summed E-state index contributed by atoms with van der Waals surface area (Å²) in [5, 5.41) is 0. The Bertz CT molecular complexity index is 3050. The van der Waals surface area contributed by atoms with Gasteiger partial charge in [0.25, 0.3) is 0 Å². The second kappa shape index (κ2) is 14.3. The minimum absolute atomic E-state index is 0. The smallest absolute Gasteiger partial charge is 0.164 e. The van der Waals surface area contributed by atoms with Gasteiger partial charge in [0.2, 0.25) is 0 Å². The lowest BCUT2D eigenvalue weighted by Crippen LogP contribution is -2.15. The second-order valence-corrected chi connectivity index (χ2v) is 16.0. The fourth-order valence-corrected chi connectivity index (χ4v) is 9.29. The van der Waals surface area contributed by atoms with Crippen molar-refractivity contribution >= 4 is 0 Å². The number of nitrogens with zero attached hydrogens (tertiary/aromatic N) is 3. The van der Waals surface area contributed by atoms with Crippen LogP contribution in [0.3, 0.4) is 0 Å². The average Bonchev–Trinajstić information content (AvgIpc) is 3.79. The predicted octanol–water partition coefficient (Wildman–Crippen LogP) is 14.4. The van der Waals surface area contributed by atoms with E-state index in [1.165, 1.54) is 72.3 Å². The van der Waals surface area contributed by atoms with Gasteiger partial charge in [0, 0.05) is 22.1 Å². The van der Waals surface area contributed by atoms with Gasteiger partial charge in [-0.1, -0.05) is 191 Å². The van der Waals surface area contributed by atoms with Crippen LogP contribution in [0.15, 0.2) is 188 Å². The lowest BCUT2D eigenvalue weighted by molar-refractivity contribution is 0.660. The van der Waals surface area contributed by atoms with Crippen molar-refractivity contribution < 1.29 is 0 Å². The summed E-state index contributed by atoms with van der Waals surface area (Å²) in [7, 11) is 0. The first-order valence-electron chi connectivity index (χ1n) is 20.1. The summed E-state index contributed by atoms with van der Waals surface area (Å²) in [4.78, 5) is 15.4. The van der Waals surface area contributed by atoms with Crippen molar-refractivity contribution in [3.63, 3.8) is 0 Å². The van der Waals surface area contributed by atoms with Gasteiger partial charge < -0.3 is 0 Å². The Hall–Kier alpha value is -7.23. The topological polar surface area (TPSA) is 38.7 Å². The van der Waals surface area contributed by atoms with E-state index in [9.17, 15) is 0 Å². The molecule has 59 heavy (non-hydrogen) atoms. The van der Waals surface area contributed by atoms with Crippen LogP contribution in [-0.2, 0) is 11.8 Å². The summed E-state index contributed by atoms with van der Waals surface area (Å²) < 4.78 is 0. The van der Waals surface area contributed by atoms with Crippen molar-refractivity contribution in [1.82, 2.24) is 15.0 Å². The van der Waals surface area contributed by atoms with E-state index >= 15 is 0 Å². The molecule has 0 atom stereocenters. The molecule has 0 fully saturated rings. The molecule has 0 N–H and O–H groups in total. The summed E-state index contributed by atoms with van der Waals surface area (Å²) in [5.74, 6) is 1.99. The molecule has 2 aliphatic rings. The summed E-state index contributed by atoms with van der Waals surface area (Å²) >= 11 is 0. The van der Waals surface area contributed by atoms with Gasteiger partial charge in [-0.15, -0.1) is 0 Å². The maximum absolute atomic E-state index is 5.21. The van der Waals surface area contributed by atoms with Crippen LogP contribution in [0.5, 0.6) is 0 Å². The van der Waals surface area contributed by atoms with Crippen molar-refractivity contribution in [2.45, 2.75) is 33.1 Å². The van der Waals surface area contributed by atoms with Crippen LogP contribution in [0.4, 0.5) is 0 Å². The largest absolute Gasteiger partial charge is 0.208 e. The minimum Gasteiger partial charge on any atom is -0.208 e. The molecule has 0 spiro atoms. The molecule has 3 nitrogen and oxygen atoms in total. The first kappa shape index (κ1) is 36.1. The highest BCUT2D eigenvalue weighted by molar-refractivity contribution is 5.91. The number of fused-ring (bicyclic) bond motifs is 6. The van der Waals surface area contributed by atoms with Crippen LogP contribution in [-0.4, -0.2) is 15.0 Å². The van der Waals surface area contributed by atoms with Crippen molar-refractivity contribution in [2.24, 2.45) is 0 Å². The second-order valence-electron chi connectivity index (χ2n) is 16.0. The molecule has 1 heterocycles. The van der Waals surface area contributed by atoms with Gasteiger partial charge in [0.1, 0.15) is 0 Å². The van der Waals surface area contributed by atoms with Gasteiger partial charge >= 0.3 is 0 Å². The Morgan fingerprint density at radius 2 is 0.746 bits per heavy atom. The molecule has 9 aromatic rings. The van der Waals surface area contributed by atoms with Gasteiger partial charge in [0.15, 0.2) is 17.5 Å². The zero-order chi connectivity index (χ0) is 38.8. The number of hydrogen-bond donors (Lipinski definition) is 0. The molecule has 282 valence electrons. The normalized spacial score (nSPS) is 12.8. The minimum atomic E-state index is -0.128. The number of rotatable bonds is 6. The van der Waals surface area contributed by atoms with Gasteiger partial charge in [-0.3, -0.25) is 0 Å². The Kier molecular flexibility index (Phi) is 8.76. The van der Waals surface area contributed by atoms with Crippen LogP contribution in [0.25, 0.3) is 89.8 Å². The van der Waals surface area contributed by atoms with E-state index < -0.39 is 0 Å². The standard InChI is InChI=1S/C55H39N3.CH4/c1-55(2)50-28-10-9-23-46(50)47-30-29-41(33-51(47)55)54-57-52(36-17-7-4-8-18-36)56-53(58-54)40-22-12-21-39(32-40)43-25-14-27-45-44-26-13-24-42(48(44)34-49(43)45)38-20-11-19-37(31-38)35-15-5-3-6-16-35;/h3-33H,34H2,1-2H3;1H4. The summed E-state index contributed by atoms with van der Waals surface area (Å²) in [6, 6.07) is 67.5. The van der Waals surface area contributed by atoms with E-state index in [1.807, 2.05) is 18.2 Å². The van der Waals surface area contributed by atoms with Crippen LogP contribution < -0.4 is 0 Å². The molecule has 2 aliphatic carbocycles. The van der Waals surface area contributed by atoms with Crippen LogP contribution in [0, 0.1) is 0 Å². The zero-order valence-electron chi connectivity index (χ0n) is 32.4. The highest BCUT2D eigenvalue weighted by atomic mass is 15.0. The Labute approximate surface area is 346 Å². The van der Waals surface area contributed by atoms with Crippen molar-refractivity contribution in [3.8, 4) is 89.8 Å². The quantitative estimate of drug-likeness (QED) is 0.170. The molecule has 0 unspecified atom stereocenters. The molecule has 0 amide bonds. The van der Waals surface area contributed by atoms with E-state index in [1.54, 1.807) is 0 Å². The fourth-order valence-electron chi connectivity index (χ4n) is 9.29. The van der Waals surface area contributed by atoms with E-state index in [4.69, 9.17) is 15.0 Å². The summed E-state index contributed by atoms with van der Waals surface area (Å²) in [5.41, 5.74) is 20.7. The van der Waals surface area contributed by atoms with Crippen molar-refractivity contribution in [2.75, 3.05) is 0 Å². The van der Waals surface area contributed by atoms with Crippen LogP contribution >= 0.6 is 0 Å². The third-order valence-electron chi connectivity index (χ3n) is 12.2. The number of benzene rings is 8. The fraction of sp³-hybridized carbons (Fsp3) is 0.0893. The lowest BCUT2D eigenvalue weighted by Gasteiger charge is -2.21. The maximum atomic E-state index is 5.21. The van der Waals surface area contributed by atoms with E-state index in [0.29, 0.717) is 17.5 Å². The third kappa shape index (κ3) is 6.09. The first-order valence-corrected chi connectivity index (χ1v) is 20.1. The van der Waals surface area contributed by atoms with Crippen molar-refractivity contribution in [1.29, 1.82) is 0 Å². The Morgan fingerprint density at radius 3 is 1.39 bits per heavy atom. The highest BCUT2D eigenvalue weighted by Gasteiger charge is 2.35. The Morgan fingerprint density at radius 1 is 0.322 bits per heavy atom. The van der Waals surface area contributed by atoms with E-state index in [2.05, 4.69) is 184 Å². The number of hydrogen-bond acceptors (Lipinski definition) is 3. The predicted molar refractivity (Wildman–Crippen MR) is 245 cm³/mol. The SMILES string of the molecule is C.CC1(C)c2ccccc2-c2ccc(-c3nc(-c4ccccc4)nc(-c4cccc(-c5cccc6c5Cc5c(-c7cccc(-c8ccccc8)c7)cccc5-6)c4)n3)cc21. The van der Waals surface area contributed by atoms with Gasteiger partial charge in [-0.05, 0) is 103 Å². The molecule has 0 aliphatic heterocycles. The summed E-state index contributed by atoms with van der Waals surface area (Å²) in [6.45, 7) is 4.62. The average molecular weight is 758 g/mol. The maximum Gasteiger partial charge on any atom is 0.164 e. The number of aromatic nitrogens is 3. The van der Waals surface area contributed by atoms with E-state index in [0.717, 1.165) is 28.7 Å². The monoisotopic (exact) mass is 757 g/mol. The van der Waals surface area contributed by atoms with Crippen LogP contribution in [0.1, 0.15) is 43.5 Å². The molecular weight excluding hydrogens is 715 g/mol.